The molecule has 6 fully saturated rings. The van der Waals surface area contributed by atoms with Crippen molar-refractivity contribution < 1.29 is 24.9 Å². The first-order valence-electron chi connectivity index (χ1n) is 16.0. The summed E-state index contributed by atoms with van der Waals surface area (Å²) in [5.74, 6) is 0.299. The van der Waals surface area contributed by atoms with Crippen LogP contribution in [0.15, 0.2) is 30.3 Å². The van der Waals surface area contributed by atoms with Crippen molar-refractivity contribution in [1.29, 1.82) is 0 Å². The third-order valence-corrected chi connectivity index (χ3v) is 14.3. The van der Waals surface area contributed by atoms with Crippen LogP contribution in [0.5, 0.6) is 0 Å². The van der Waals surface area contributed by atoms with Crippen LogP contribution in [-0.2, 0) is 4.74 Å². The predicted octanol–water partition coefficient (Wildman–Crippen LogP) is 4.37. The molecule has 40 heavy (non-hydrogen) atoms. The second-order valence-electron chi connectivity index (χ2n) is 15.1. The van der Waals surface area contributed by atoms with E-state index in [1.807, 2.05) is 25.1 Å². The summed E-state index contributed by atoms with van der Waals surface area (Å²) >= 11 is 0. The highest BCUT2D eigenvalue weighted by Crippen LogP contribution is 2.84. The van der Waals surface area contributed by atoms with Gasteiger partial charge in [0.2, 0.25) is 0 Å². The fourth-order valence-electron chi connectivity index (χ4n) is 13.2. The van der Waals surface area contributed by atoms with Crippen molar-refractivity contribution in [3.63, 3.8) is 0 Å². The summed E-state index contributed by atoms with van der Waals surface area (Å²) in [6.07, 6.45) is 1.61. The molecule has 1 aromatic carbocycles. The highest BCUT2D eigenvalue weighted by Gasteiger charge is 2.87. The number of benzene rings is 1. The molecule has 0 amide bonds. The molecule has 6 nitrogen and oxygen atoms in total. The molecule has 1 spiro atoms. The Labute approximate surface area is 239 Å². The largest absolute Gasteiger partial charge is 0.455 e. The molecule has 1 aliphatic heterocycles. The van der Waals surface area contributed by atoms with Gasteiger partial charge in [-0.3, -0.25) is 4.90 Å². The molecule has 15 atom stereocenters. The lowest BCUT2D eigenvalue weighted by Gasteiger charge is -2.71. The normalized spacial score (nSPS) is 55.8. The van der Waals surface area contributed by atoms with Crippen molar-refractivity contribution in [2.24, 2.45) is 57.7 Å². The van der Waals surface area contributed by atoms with E-state index >= 15 is 0 Å². The number of carbonyl (C=O) groups excluding carboxylic acids is 1. The first-order valence-corrected chi connectivity index (χ1v) is 16.0. The van der Waals surface area contributed by atoms with Gasteiger partial charge in [0.1, 0.15) is 11.7 Å². The van der Waals surface area contributed by atoms with Crippen molar-refractivity contribution >= 4 is 5.97 Å². The van der Waals surface area contributed by atoms with Crippen molar-refractivity contribution in [2.45, 2.75) is 97.2 Å². The minimum atomic E-state index is -1.28. The third-order valence-electron chi connectivity index (χ3n) is 14.3. The van der Waals surface area contributed by atoms with Crippen molar-refractivity contribution in [3.8, 4) is 0 Å². The van der Waals surface area contributed by atoms with Gasteiger partial charge in [-0.05, 0) is 79.4 Å². The summed E-state index contributed by atoms with van der Waals surface area (Å²) in [5.41, 5.74) is -1.59. The Balaban J connectivity index is 1.44. The summed E-state index contributed by atoms with van der Waals surface area (Å²) < 4.78 is 6.42. The number of aliphatic hydroxyl groups is 3. The van der Waals surface area contributed by atoms with Gasteiger partial charge >= 0.3 is 5.97 Å². The minimum Gasteiger partial charge on any atom is -0.455 e. The molecule has 1 saturated heterocycles. The van der Waals surface area contributed by atoms with Crippen LogP contribution in [0, 0.1) is 57.7 Å². The van der Waals surface area contributed by atoms with Crippen molar-refractivity contribution in [1.82, 2.24) is 4.90 Å². The van der Waals surface area contributed by atoms with Crippen LogP contribution in [0.2, 0.25) is 0 Å². The van der Waals surface area contributed by atoms with Crippen LogP contribution in [0.1, 0.15) is 77.6 Å². The van der Waals surface area contributed by atoms with Gasteiger partial charge < -0.3 is 20.1 Å². The standard InChI is InChI=1S/C34H49NO5/c1-7-14-35-17-32(8-2)23(36)15-18(3)34-22-16-33(39)20(5)28(37)31(6,24(27(34)35)19(4)26(32)34)25(22)29(33)40-30(38)21-12-10-9-11-13-21/h9-13,18-20,22-29,36-37,39H,7-8,14-17H2,1-6H3/t18-,19+,20+,22?,23-,24+,25?,26?,27?,28+,29-,31-,32-,33-,34-/m1/s1. The summed E-state index contributed by atoms with van der Waals surface area (Å²) in [4.78, 5) is 16.3. The Kier molecular flexibility index (Phi) is 5.85. The Morgan fingerprint density at radius 3 is 2.45 bits per heavy atom. The quantitative estimate of drug-likeness (QED) is 0.471. The molecule has 1 heterocycles. The summed E-state index contributed by atoms with van der Waals surface area (Å²) in [6, 6.07) is 9.41. The lowest BCUT2D eigenvalue weighted by atomic mass is 9.39. The van der Waals surface area contributed by atoms with Crippen LogP contribution in [-0.4, -0.2) is 69.2 Å². The number of rotatable bonds is 5. The fourth-order valence-corrected chi connectivity index (χ4v) is 13.2. The number of nitrogens with zero attached hydrogens (tertiary/aromatic N) is 1. The highest BCUT2D eigenvalue weighted by molar-refractivity contribution is 5.89. The topological polar surface area (TPSA) is 90.2 Å². The molecule has 6 aliphatic rings. The van der Waals surface area contributed by atoms with Gasteiger partial charge in [0, 0.05) is 35.3 Å². The Morgan fingerprint density at radius 2 is 1.80 bits per heavy atom. The van der Waals surface area contributed by atoms with Crippen LogP contribution in [0.25, 0.3) is 0 Å². The SMILES string of the molecule is CCCN1C[C@@]2(CC)C3[C@@H](C)[C@H]4C1[C@@]3(C1C[C@]3(O)[C@H](OC(=O)c5ccccc5)C1[C@]4(C)[C@@H](O)[C@@H]3C)[C@H](C)C[C@H]2O. The zero-order valence-electron chi connectivity index (χ0n) is 25.1. The zero-order chi connectivity index (χ0) is 28.6. The van der Waals surface area contributed by atoms with Crippen molar-refractivity contribution in [3.05, 3.63) is 35.9 Å². The van der Waals surface area contributed by atoms with E-state index in [1.54, 1.807) is 12.1 Å². The Hall–Kier alpha value is -1.47. The first-order chi connectivity index (χ1) is 19.0. The van der Waals surface area contributed by atoms with E-state index in [0.29, 0.717) is 29.9 Å². The molecule has 1 aromatic rings. The number of esters is 1. The number of piperidine rings is 1. The maximum Gasteiger partial charge on any atom is 0.338 e. The number of fused-ring (bicyclic) bond motifs is 2. The fraction of sp³-hybridized carbons (Fsp3) is 0.794. The van der Waals surface area contributed by atoms with Crippen LogP contribution < -0.4 is 0 Å². The summed E-state index contributed by atoms with van der Waals surface area (Å²) in [6.45, 7) is 15.4. The van der Waals surface area contributed by atoms with Crippen LogP contribution in [0.4, 0.5) is 0 Å². The average Bonchev–Trinajstić information content (AvgIpc) is 3.32. The molecule has 0 radical (unpaired) electrons. The molecule has 3 N–H and O–H groups in total. The smallest absolute Gasteiger partial charge is 0.338 e. The number of aliphatic hydroxyl groups excluding tert-OH is 2. The predicted molar refractivity (Wildman–Crippen MR) is 152 cm³/mol. The molecule has 5 aliphatic carbocycles. The number of carbonyl (C=O) groups is 1. The lowest BCUT2D eigenvalue weighted by molar-refractivity contribution is -0.274. The van der Waals surface area contributed by atoms with Crippen LogP contribution >= 0.6 is 0 Å². The zero-order valence-corrected chi connectivity index (χ0v) is 25.1. The molecule has 0 aromatic heterocycles. The van der Waals surface area contributed by atoms with E-state index in [4.69, 9.17) is 4.74 Å². The molecule has 6 heteroatoms. The maximum absolute atomic E-state index is 13.5. The van der Waals surface area contributed by atoms with Gasteiger partial charge in [0.15, 0.2) is 0 Å². The second kappa shape index (κ2) is 8.55. The molecule has 5 saturated carbocycles. The van der Waals surface area contributed by atoms with E-state index in [0.717, 1.165) is 32.4 Å². The number of hydrogen-bond acceptors (Lipinski definition) is 6. The Bertz CT molecular complexity index is 1190. The molecule has 220 valence electrons. The number of hydrogen-bond donors (Lipinski definition) is 3. The summed E-state index contributed by atoms with van der Waals surface area (Å²) in [5, 5.41) is 36.7. The van der Waals surface area contributed by atoms with Gasteiger partial charge in [0.05, 0.1) is 17.8 Å². The van der Waals surface area contributed by atoms with Gasteiger partial charge in [-0.2, -0.15) is 0 Å². The molecular weight excluding hydrogens is 502 g/mol. The molecular formula is C34H49NO5. The van der Waals surface area contributed by atoms with Crippen LogP contribution in [0.3, 0.4) is 0 Å². The molecule has 7 bridgehead atoms. The average molecular weight is 552 g/mol. The van der Waals surface area contributed by atoms with E-state index in [-0.39, 0.29) is 46.6 Å². The van der Waals surface area contributed by atoms with Crippen molar-refractivity contribution in [2.75, 3.05) is 13.1 Å². The van der Waals surface area contributed by atoms with Gasteiger partial charge in [-0.15, -0.1) is 0 Å². The summed E-state index contributed by atoms with van der Waals surface area (Å²) in [7, 11) is 0. The Morgan fingerprint density at radius 1 is 1.10 bits per heavy atom. The molecule has 7 rings (SSSR count). The van der Waals surface area contributed by atoms with E-state index < -0.39 is 29.1 Å². The van der Waals surface area contributed by atoms with Gasteiger partial charge in [-0.1, -0.05) is 59.7 Å². The van der Waals surface area contributed by atoms with E-state index in [9.17, 15) is 20.1 Å². The van der Waals surface area contributed by atoms with E-state index in [1.165, 1.54) is 0 Å². The number of ether oxygens (including phenoxy) is 1. The monoisotopic (exact) mass is 551 g/mol. The minimum absolute atomic E-state index is 0.0947. The van der Waals surface area contributed by atoms with E-state index in [2.05, 4.69) is 39.5 Å². The number of likely N-dealkylation sites (tertiary alicyclic amines) is 1. The third kappa shape index (κ3) is 2.79. The highest BCUT2D eigenvalue weighted by atomic mass is 16.6. The first kappa shape index (κ1) is 27.4. The lowest BCUT2D eigenvalue weighted by Crippen LogP contribution is -2.76. The van der Waals surface area contributed by atoms with Gasteiger partial charge in [0.25, 0.3) is 0 Å². The van der Waals surface area contributed by atoms with Gasteiger partial charge in [-0.25, -0.2) is 4.79 Å². The molecule has 4 unspecified atom stereocenters. The maximum atomic E-state index is 13.5. The second-order valence-corrected chi connectivity index (χ2v) is 15.1.